The van der Waals surface area contributed by atoms with E-state index in [4.69, 9.17) is 4.74 Å². The van der Waals surface area contributed by atoms with E-state index in [0.29, 0.717) is 11.4 Å². The van der Waals surface area contributed by atoms with Gasteiger partial charge >= 0.3 is 5.97 Å². The van der Waals surface area contributed by atoms with Crippen molar-refractivity contribution in [1.29, 1.82) is 0 Å². The molecule has 2 aliphatic carbocycles. The zero-order valence-corrected chi connectivity index (χ0v) is 12.1. The van der Waals surface area contributed by atoms with E-state index in [1.807, 2.05) is 0 Å². The van der Waals surface area contributed by atoms with Gasteiger partial charge in [-0.25, -0.2) is 0 Å². The number of rotatable bonds is 2. The van der Waals surface area contributed by atoms with Gasteiger partial charge in [0.25, 0.3) is 0 Å². The number of hydrogen-bond donors (Lipinski definition) is 0. The maximum Gasteiger partial charge on any atom is 0.308 e. The third-order valence-electron chi connectivity index (χ3n) is 4.83. The Bertz CT molecular complexity index is 676. The minimum Gasteiger partial charge on any atom is -0.427 e. The summed E-state index contributed by atoms with van der Waals surface area (Å²) in [4.78, 5) is 37.5. The first-order chi connectivity index (χ1) is 10.6. The van der Waals surface area contributed by atoms with Crippen molar-refractivity contribution in [2.75, 3.05) is 4.90 Å². The lowest BCUT2D eigenvalue weighted by molar-refractivity contribution is -0.132. The van der Waals surface area contributed by atoms with Crippen LogP contribution in [0.3, 0.4) is 0 Å². The van der Waals surface area contributed by atoms with Gasteiger partial charge < -0.3 is 4.74 Å². The van der Waals surface area contributed by atoms with Gasteiger partial charge in [0.2, 0.25) is 11.8 Å². The van der Waals surface area contributed by atoms with Crippen molar-refractivity contribution in [3.63, 3.8) is 0 Å². The number of nitrogens with zero attached hydrogens (tertiary/aromatic N) is 1. The number of imide groups is 1. The van der Waals surface area contributed by atoms with Gasteiger partial charge in [0.15, 0.2) is 0 Å². The van der Waals surface area contributed by atoms with E-state index in [-0.39, 0.29) is 35.5 Å². The van der Waals surface area contributed by atoms with Crippen LogP contribution in [0.15, 0.2) is 36.4 Å². The largest absolute Gasteiger partial charge is 0.427 e. The number of allylic oxidation sites excluding steroid dienone is 2. The third-order valence-corrected chi connectivity index (χ3v) is 4.83. The molecule has 0 N–H and O–H groups in total. The summed E-state index contributed by atoms with van der Waals surface area (Å²) < 4.78 is 4.97. The monoisotopic (exact) mass is 297 g/mol. The van der Waals surface area contributed by atoms with E-state index in [0.717, 1.165) is 6.42 Å². The first kappa shape index (κ1) is 13.2. The van der Waals surface area contributed by atoms with Gasteiger partial charge in [0.05, 0.1) is 17.5 Å². The van der Waals surface area contributed by atoms with Crippen molar-refractivity contribution in [1.82, 2.24) is 0 Å². The van der Waals surface area contributed by atoms with E-state index in [1.54, 1.807) is 24.3 Å². The van der Waals surface area contributed by atoms with Crippen LogP contribution in [0.1, 0.15) is 13.3 Å². The first-order valence-electron chi connectivity index (χ1n) is 7.41. The molecule has 3 aliphatic rings. The molecule has 2 bridgehead atoms. The molecule has 0 spiro atoms. The zero-order valence-electron chi connectivity index (χ0n) is 12.1. The van der Waals surface area contributed by atoms with Crippen LogP contribution >= 0.6 is 0 Å². The van der Waals surface area contributed by atoms with E-state index in [2.05, 4.69) is 12.2 Å². The minimum absolute atomic E-state index is 0.105. The van der Waals surface area contributed by atoms with Crippen molar-refractivity contribution >= 4 is 23.5 Å². The van der Waals surface area contributed by atoms with Gasteiger partial charge in [-0.15, -0.1) is 0 Å². The summed E-state index contributed by atoms with van der Waals surface area (Å²) in [6.07, 6.45) is 5.07. The minimum atomic E-state index is -0.404. The van der Waals surface area contributed by atoms with Gasteiger partial charge in [-0.3, -0.25) is 19.3 Å². The number of ether oxygens (including phenoxy) is 1. The fraction of sp³-hybridized carbons (Fsp3) is 0.353. The van der Waals surface area contributed by atoms with Gasteiger partial charge in [0, 0.05) is 6.92 Å². The second-order valence-corrected chi connectivity index (χ2v) is 6.10. The summed E-state index contributed by atoms with van der Waals surface area (Å²) in [7, 11) is 0. The molecule has 5 heteroatoms. The number of amides is 2. The summed E-state index contributed by atoms with van der Waals surface area (Å²) in [6.45, 7) is 1.32. The summed E-state index contributed by atoms with van der Waals surface area (Å²) in [6, 6.07) is 6.48. The predicted molar refractivity (Wildman–Crippen MR) is 78.0 cm³/mol. The first-order valence-corrected chi connectivity index (χ1v) is 7.41. The Morgan fingerprint density at radius 1 is 1.05 bits per heavy atom. The number of benzene rings is 1. The summed E-state index contributed by atoms with van der Waals surface area (Å²) in [5.74, 6) is -0.200. The lowest BCUT2D eigenvalue weighted by atomic mass is 9.85. The second-order valence-electron chi connectivity index (χ2n) is 6.10. The second kappa shape index (κ2) is 4.53. The standard InChI is InChI=1S/C17H15NO4/c1-9(19)22-13-6-4-12(5-7-13)18-16(20)14-10-2-3-11(8-10)15(14)17(18)21/h2-7,10-11,14-15H,8H2,1H3/t10-,11-,14-,15-/m0/s1. The summed E-state index contributed by atoms with van der Waals surface area (Å²) >= 11 is 0. The number of hydrogen-bond acceptors (Lipinski definition) is 4. The average molecular weight is 297 g/mol. The highest BCUT2D eigenvalue weighted by atomic mass is 16.5. The molecule has 0 radical (unpaired) electrons. The van der Waals surface area contributed by atoms with Crippen molar-refractivity contribution < 1.29 is 19.1 Å². The number of carbonyl (C=O) groups is 3. The van der Waals surface area contributed by atoms with Crippen LogP contribution in [0.2, 0.25) is 0 Å². The Kier molecular flexibility index (Phi) is 2.73. The molecule has 1 aliphatic heterocycles. The molecule has 0 aromatic heterocycles. The molecule has 4 atom stereocenters. The molecule has 5 nitrogen and oxygen atoms in total. The topological polar surface area (TPSA) is 63.7 Å². The Labute approximate surface area is 127 Å². The lowest BCUT2D eigenvalue weighted by Gasteiger charge is -2.17. The maximum absolute atomic E-state index is 12.6. The van der Waals surface area contributed by atoms with Crippen LogP contribution in [0.4, 0.5) is 5.69 Å². The molecule has 1 heterocycles. The fourth-order valence-electron chi connectivity index (χ4n) is 3.99. The average Bonchev–Trinajstić information content (AvgIpc) is 3.14. The molecule has 1 aromatic rings. The van der Waals surface area contributed by atoms with E-state index in [9.17, 15) is 14.4 Å². The molecule has 1 aromatic carbocycles. The number of anilines is 1. The number of carbonyl (C=O) groups excluding carboxylic acids is 3. The Balaban J connectivity index is 1.62. The van der Waals surface area contributed by atoms with Gasteiger partial charge in [0.1, 0.15) is 5.75 Å². The van der Waals surface area contributed by atoms with Crippen molar-refractivity contribution in [3.8, 4) is 5.75 Å². The molecule has 1 saturated heterocycles. The van der Waals surface area contributed by atoms with Crippen molar-refractivity contribution in [2.24, 2.45) is 23.7 Å². The summed E-state index contributed by atoms with van der Waals surface area (Å²) in [5.41, 5.74) is 0.541. The molecule has 2 amide bonds. The van der Waals surface area contributed by atoms with Crippen LogP contribution < -0.4 is 9.64 Å². The number of esters is 1. The van der Waals surface area contributed by atoms with Crippen LogP contribution in [0.5, 0.6) is 5.75 Å². The molecule has 22 heavy (non-hydrogen) atoms. The highest BCUT2D eigenvalue weighted by Crippen LogP contribution is 2.53. The molecule has 0 unspecified atom stereocenters. The van der Waals surface area contributed by atoms with E-state index < -0.39 is 5.97 Å². The highest BCUT2D eigenvalue weighted by Gasteiger charge is 2.59. The van der Waals surface area contributed by atoms with Crippen LogP contribution in [-0.2, 0) is 14.4 Å². The van der Waals surface area contributed by atoms with Gasteiger partial charge in [-0.1, -0.05) is 12.2 Å². The van der Waals surface area contributed by atoms with Crippen LogP contribution in [0, 0.1) is 23.7 Å². The highest BCUT2D eigenvalue weighted by molar-refractivity contribution is 6.22. The Morgan fingerprint density at radius 2 is 1.59 bits per heavy atom. The molecule has 2 fully saturated rings. The normalized spacial score (nSPS) is 31.8. The zero-order chi connectivity index (χ0) is 15.4. The van der Waals surface area contributed by atoms with Crippen molar-refractivity contribution in [2.45, 2.75) is 13.3 Å². The lowest BCUT2D eigenvalue weighted by Crippen LogP contribution is -2.32. The Hall–Kier alpha value is -2.43. The quantitative estimate of drug-likeness (QED) is 0.362. The summed E-state index contributed by atoms with van der Waals surface area (Å²) in [5, 5.41) is 0. The predicted octanol–water partition coefficient (Wildman–Crippen LogP) is 1.92. The van der Waals surface area contributed by atoms with Crippen LogP contribution in [-0.4, -0.2) is 17.8 Å². The number of fused-ring (bicyclic) bond motifs is 5. The Morgan fingerprint density at radius 3 is 2.09 bits per heavy atom. The van der Waals surface area contributed by atoms with Crippen LogP contribution in [0.25, 0.3) is 0 Å². The van der Waals surface area contributed by atoms with Crippen molar-refractivity contribution in [3.05, 3.63) is 36.4 Å². The SMILES string of the molecule is CC(=O)Oc1ccc(N2C(=O)[C@@H]3[C@@H](C2=O)[C@H]2C=C[C@H]3C2)cc1. The third kappa shape index (κ3) is 1.75. The molecule has 1 saturated carbocycles. The smallest absolute Gasteiger partial charge is 0.308 e. The molecular formula is C17H15NO4. The van der Waals surface area contributed by atoms with E-state index in [1.165, 1.54) is 11.8 Å². The van der Waals surface area contributed by atoms with Gasteiger partial charge in [-0.05, 0) is 42.5 Å². The van der Waals surface area contributed by atoms with Gasteiger partial charge in [-0.2, -0.15) is 0 Å². The molecular weight excluding hydrogens is 282 g/mol. The van der Waals surface area contributed by atoms with E-state index >= 15 is 0 Å². The molecule has 112 valence electrons. The maximum atomic E-state index is 12.6. The fourth-order valence-corrected chi connectivity index (χ4v) is 3.99. The molecule has 4 rings (SSSR count).